The number of benzene rings is 3. The number of fused-ring (bicyclic) bond motifs is 1. The van der Waals surface area contributed by atoms with Gasteiger partial charge >= 0.3 is 0 Å². The summed E-state index contributed by atoms with van der Waals surface area (Å²) in [5.41, 5.74) is 5.49. The molecule has 0 bridgehead atoms. The fourth-order valence-corrected chi connectivity index (χ4v) is 3.94. The van der Waals surface area contributed by atoms with Crippen LogP contribution >= 0.6 is 0 Å². The zero-order valence-corrected chi connectivity index (χ0v) is 17.4. The monoisotopic (exact) mass is 400 g/mol. The molecule has 4 nitrogen and oxygen atoms in total. The second kappa shape index (κ2) is 8.46. The number of ether oxygens (including phenoxy) is 3. The van der Waals surface area contributed by atoms with Crippen LogP contribution in [-0.2, 0) is 6.42 Å². The summed E-state index contributed by atoms with van der Waals surface area (Å²) in [4.78, 5) is 13.7. The summed E-state index contributed by atoms with van der Waals surface area (Å²) in [5.74, 6) is 2.30. The largest absolute Gasteiger partial charge is 0.497 e. The van der Waals surface area contributed by atoms with E-state index in [2.05, 4.69) is 0 Å². The quantitative estimate of drug-likeness (QED) is 0.516. The molecule has 4 heteroatoms. The Hall–Kier alpha value is -3.53. The van der Waals surface area contributed by atoms with Gasteiger partial charge in [-0.3, -0.25) is 4.79 Å². The summed E-state index contributed by atoms with van der Waals surface area (Å²) in [6.45, 7) is 0. The summed E-state index contributed by atoms with van der Waals surface area (Å²) in [7, 11) is 4.93. The van der Waals surface area contributed by atoms with Gasteiger partial charge in [-0.05, 0) is 83.6 Å². The van der Waals surface area contributed by atoms with Gasteiger partial charge in [-0.1, -0.05) is 18.2 Å². The van der Waals surface area contributed by atoms with Crippen LogP contribution < -0.4 is 14.2 Å². The van der Waals surface area contributed by atoms with Crippen LogP contribution in [0.25, 0.3) is 11.1 Å². The maximum Gasteiger partial charge on any atom is 0.193 e. The minimum Gasteiger partial charge on any atom is -0.497 e. The van der Waals surface area contributed by atoms with Crippen LogP contribution in [0, 0.1) is 0 Å². The van der Waals surface area contributed by atoms with Gasteiger partial charge in [0.2, 0.25) is 0 Å². The van der Waals surface area contributed by atoms with E-state index in [1.807, 2.05) is 66.7 Å². The molecule has 0 heterocycles. The predicted octanol–water partition coefficient (Wildman–Crippen LogP) is 5.45. The van der Waals surface area contributed by atoms with E-state index >= 15 is 0 Å². The maximum absolute atomic E-state index is 13.7. The first-order chi connectivity index (χ1) is 14.6. The van der Waals surface area contributed by atoms with Crippen molar-refractivity contribution in [2.24, 2.45) is 0 Å². The summed E-state index contributed by atoms with van der Waals surface area (Å²) in [6, 6.07) is 21.1. The van der Waals surface area contributed by atoms with Crippen molar-refractivity contribution in [1.29, 1.82) is 0 Å². The van der Waals surface area contributed by atoms with Crippen LogP contribution in [0.1, 0.15) is 33.5 Å². The number of rotatable bonds is 6. The molecular weight excluding hydrogens is 376 g/mol. The van der Waals surface area contributed by atoms with Crippen molar-refractivity contribution in [2.75, 3.05) is 21.3 Å². The number of carbonyl (C=O) groups is 1. The lowest BCUT2D eigenvalue weighted by Gasteiger charge is -2.24. The molecule has 0 aliphatic heterocycles. The fourth-order valence-electron chi connectivity index (χ4n) is 3.94. The second-order valence-corrected chi connectivity index (χ2v) is 7.17. The van der Waals surface area contributed by atoms with E-state index in [0.29, 0.717) is 5.56 Å². The Morgan fingerprint density at radius 1 is 0.733 bits per heavy atom. The Kier molecular flexibility index (Phi) is 5.57. The molecule has 0 N–H and O–H groups in total. The summed E-state index contributed by atoms with van der Waals surface area (Å²) < 4.78 is 16.1. The minimum atomic E-state index is 0.00147. The van der Waals surface area contributed by atoms with Crippen LogP contribution in [0.2, 0.25) is 0 Å². The number of allylic oxidation sites excluding steroid dienone is 2. The summed E-state index contributed by atoms with van der Waals surface area (Å²) >= 11 is 0. The van der Waals surface area contributed by atoms with Crippen molar-refractivity contribution < 1.29 is 19.0 Å². The Balaban J connectivity index is 1.89. The maximum atomic E-state index is 13.7. The first-order valence-corrected chi connectivity index (χ1v) is 9.88. The highest BCUT2D eigenvalue weighted by atomic mass is 16.5. The standard InChI is InChI=1S/C26H24O4/c1-28-20-10-7-17(8-11-20)26(27)25-23(18-5-4-6-21(15-18)29-2)13-9-19-16-22(30-3)12-14-24(19)25/h4-8,10-12,14-16H,9,13H2,1-3H3. The molecule has 0 fully saturated rings. The molecule has 0 unspecified atom stereocenters. The summed E-state index contributed by atoms with van der Waals surface area (Å²) in [5, 5.41) is 0. The van der Waals surface area contributed by atoms with Crippen molar-refractivity contribution in [2.45, 2.75) is 12.8 Å². The SMILES string of the molecule is COc1ccc(C(=O)C2=C(c3cccc(OC)c3)CCc3cc(OC)ccc32)cc1. The third kappa shape index (κ3) is 3.69. The molecule has 4 rings (SSSR count). The minimum absolute atomic E-state index is 0.00147. The lowest BCUT2D eigenvalue weighted by atomic mass is 9.79. The van der Waals surface area contributed by atoms with Crippen molar-refractivity contribution in [3.05, 3.63) is 89.0 Å². The van der Waals surface area contributed by atoms with Crippen molar-refractivity contribution >= 4 is 16.9 Å². The van der Waals surface area contributed by atoms with E-state index in [9.17, 15) is 4.79 Å². The third-order valence-corrected chi connectivity index (χ3v) is 5.53. The van der Waals surface area contributed by atoms with Gasteiger partial charge in [0.05, 0.1) is 21.3 Å². The number of aryl methyl sites for hydroxylation is 1. The number of ketones is 1. The Labute approximate surface area is 176 Å². The topological polar surface area (TPSA) is 44.8 Å². The molecular formula is C26H24O4. The average molecular weight is 400 g/mol. The highest BCUT2D eigenvalue weighted by Gasteiger charge is 2.26. The van der Waals surface area contributed by atoms with E-state index < -0.39 is 0 Å². The van der Waals surface area contributed by atoms with Gasteiger partial charge in [0.25, 0.3) is 0 Å². The van der Waals surface area contributed by atoms with Crippen LogP contribution in [-0.4, -0.2) is 27.1 Å². The number of Topliss-reactive ketones (excluding diaryl/α,β-unsaturated/α-hetero) is 1. The molecule has 0 saturated heterocycles. The van der Waals surface area contributed by atoms with Gasteiger partial charge in [-0.15, -0.1) is 0 Å². The molecule has 0 aromatic heterocycles. The number of carbonyl (C=O) groups excluding carboxylic acids is 1. The molecule has 0 amide bonds. The van der Waals surface area contributed by atoms with E-state index in [0.717, 1.165) is 57.9 Å². The molecule has 152 valence electrons. The third-order valence-electron chi connectivity index (χ3n) is 5.53. The lowest BCUT2D eigenvalue weighted by molar-refractivity contribution is 0.105. The molecule has 0 saturated carbocycles. The summed E-state index contributed by atoms with van der Waals surface area (Å²) in [6.07, 6.45) is 1.61. The smallest absolute Gasteiger partial charge is 0.193 e. The molecule has 0 radical (unpaired) electrons. The van der Waals surface area contributed by atoms with Gasteiger partial charge in [-0.2, -0.15) is 0 Å². The zero-order valence-electron chi connectivity index (χ0n) is 17.4. The van der Waals surface area contributed by atoms with E-state index in [-0.39, 0.29) is 5.78 Å². The molecule has 3 aromatic rings. The van der Waals surface area contributed by atoms with E-state index in [1.54, 1.807) is 21.3 Å². The highest BCUT2D eigenvalue weighted by molar-refractivity contribution is 6.35. The number of methoxy groups -OCH3 is 3. The van der Waals surface area contributed by atoms with Gasteiger partial charge in [-0.25, -0.2) is 0 Å². The van der Waals surface area contributed by atoms with Crippen molar-refractivity contribution in [1.82, 2.24) is 0 Å². The first-order valence-electron chi connectivity index (χ1n) is 9.88. The van der Waals surface area contributed by atoms with E-state index in [4.69, 9.17) is 14.2 Å². The predicted molar refractivity (Wildman–Crippen MR) is 118 cm³/mol. The molecule has 30 heavy (non-hydrogen) atoms. The highest BCUT2D eigenvalue weighted by Crippen LogP contribution is 2.40. The van der Waals surface area contributed by atoms with Crippen LogP contribution in [0.15, 0.2) is 66.7 Å². The fraction of sp³-hybridized carbons (Fsp3) is 0.192. The Morgan fingerprint density at radius 3 is 2.10 bits per heavy atom. The molecule has 0 atom stereocenters. The van der Waals surface area contributed by atoms with Gasteiger partial charge < -0.3 is 14.2 Å². The Morgan fingerprint density at radius 2 is 1.40 bits per heavy atom. The average Bonchev–Trinajstić information content (AvgIpc) is 2.82. The molecule has 1 aliphatic rings. The number of hydrogen-bond acceptors (Lipinski definition) is 4. The normalized spacial score (nSPS) is 12.9. The number of hydrogen-bond donors (Lipinski definition) is 0. The first kappa shape index (κ1) is 19.8. The van der Waals surface area contributed by atoms with Crippen molar-refractivity contribution in [3.8, 4) is 17.2 Å². The molecule has 0 spiro atoms. The van der Waals surface area contributed by atoms with Gasteiger partial charge in [0, 0.05) is 11.1 Å². The van der Waals surface area contributed by atoms with E-state index in [1.165, 1.54) is 0 Å². The molecule has 1 aliphatic carbocycles. The zero-order chi connectivity index (χ0) is 21.1. The van der Waals surface area contributed by atoms with Gasteiger partial charge in [0.15, 0.2) is 5.78 Å². The van der Waals surface area contributed by atoms with Crippen molar-refractivity contribution in [3.63, 3.8) is 0 Å². The van der Waals surface area contributed by atoms with Gasteiger partial charge in [0.1, 0.15) is 17.2 Å². The Bertz CT molecular complexity index is 1110. The lowest BCUT2D eigenvalue weighted by Crippen LogP contribution is -2.13. The molecule has 3 aromatic carbocycles. The van der Waals surface area contributed by atoms with Crippen LogP contribution in [0.5, 0.6) is 17.2 Å². The van der Waals surface area contributed by atoms with Crippen LogP contribution in [0.3, 0.4) is 0 Å². The second-order valence-electron chi connectivity index (χ2n) is 7.17. The van der Waals surface area contributed by atoms with Crippen LogP contribution in [0.4, 0.5) is 0 Å².